The third-order valence-corrected chi connectivity index (χ3v) is 5.83. The molecule has 0 bridgehead atoms. The summed E-state index contributed by atoms with van der Waals surface area (Å²) >= 11 is 1.61. The largest absolute Gasteiger partial charge is 0.478 e. The SMILES string of the molecule is CN(N)Cc1ccc(-c2sc3c(c2C(=O)O)CC(C)(C)CC3)cn1. The molecule has 5 nitrogen and oxygen atoms in total. The first kappa shape index (κ1) is 17.1. The van der Waals surface area contributed by atoms with E-state index in [0.29, 0.717) is 12.1 Å². The molecular formula is C18H23N3O2S. The first-order valence-electron chi connectivity index (χ1n) is 8.06. The standard InChI is InChI=1S/C18H23N3O2S/c1-18(2)7-6-14-13(8-18)15(17(22)23)16(24-14)11-4-5-12(20-9-11)10-21(3)19/h4-5,9H,6-8,10,19H2,1-3H3,(H,22,23). The average molecular weight is 345 g/mol. The highest BCUT2D eigenvalue weighted by Crippen LogP contribution is 2.44. The van der Waals surface area contributed by atoms with Crippen molar-refractivity contribution >= 4 is 17.3 Å². The molecule has 3 rings (SSSR count). The number of aromatic nitrogens is 1. The highest BCUT2D eigenvalue weighted by Gasteiger charge is 2.32. The van der Waals surface area contributed by atoms with Crippen molar-refractivity contribution in [1.82, 2.24) is 9.99 Å². The summed E-state index contributed by atoms with van der Waals surface area (Å²) < 4.78 is 0. The van der Waals surface area contributed by atoms with Gasteiger partial charge in [0.05, 0.1) is 22.7 Å². The van der Waals surface area contributed by atoms with E-state index in [2.05, 4.69) is 18.8 Å². The Morgan fingerprint density at radius 3 is 2.79 bits per heavy atom. The molecule has 3 N–H and O–H groups in total. The normalized spacial score (nSPS) is 16.2. The van der Waals surface area contributed by atoms with E-state index in [-0.39, 0.29) is 5.41 Å². The lowest BCUT2D eigenvalue weighted by molar-refractivity contribution is 0.0696. The fourth-order valence-corrected chi connectivity index (χ4v) is 4.56. The summed E-state index contributed by atoms with van der Waals surface area (Å²) in [6.45, 7) is 4.97. The molecule has 128 valence electrons. The molecule has 6 heteroatoms. The molecule has 0 amide bonds. The fraction of sp³-hybridized carbons (Fsp3) is 0.444. The second-order valence-electron chi connectivity index (χ2n) is 7.31. The van der Waals surface area contributed by atoms with Crippen molar-refractivity contribution in [3.8, 4) is 10.4 Å². The van der Waals surface area contributed by atoms with E-state index < -0.39 is 5.97 Å². The van der Waals surface area contributed by atoms with Crippen molar-refractivity contribution < 1.29 is 9.90 Å². The Hall–Kier alpha value is -1.76. The number of hydrogen-bond acceptors (Lipinski definition) is 5. The lowest BCUT2D eigenvalue weighted by Gasteiger charge is -2.29. The number of carboxylic acids is 1. The molecular weight excluding hydrogens is 322 g/mol. The summed E-state index contributed by atoms with van der Waals surface area (Å²) in [5.41, 5.74) is 3.37. The summed E-state index contributed by atoms with van der Waals surface area (Å²) in [5, 5.41) is 11.3. The zero-order chi connectivity index (χ0) is 17.5. The van der Waals surface area contributed by atoms with E-state index >= 15 is 0 Å². The van der Waals surface area contributed by atoms with Crippen molar-refractivity contribution in [2.75, 3.05) is 7.05 Å². The number of aromatic carboxylic acids is 1. The van der Waals surface area contributed by atoms with Crippen LogP contribution in [0.5, 0.6) is 0 Å². The van der Waals surface area contributed by atoms with Crippen LogP contribution in [0.4, 0.5) is 0 Å². The monoisotopic (exact) mass is 345 g/mol. The van der Waals surface area contributed by atoms with Crippen LogP contribution in [-0.2, 0) is 19.4 Å². The maximum absolute atomic E-state index is 11.9. The van der Waals surface area contributed by atoms with Gasteiger partial charge >= 0.3 is 5.97 Å². The van der Waals surface area contributed by atoms with Crippen LogP contribution in [0.3, 0.4) is 0 Å². The first-order valence-corrected chi connectivity index (χ1v) is 8.87. The van der Waals surface area contributed by atoms with Gasteiger partial charge in [-0.25, -0.2) is 9.80 Å². The Balaban J connectivity index is 2.02. The smallest absolute Gasteiger partial charge is 0.337 e. The molecule has 0 aromatic carbocycles. The van der Waals surface area contributed by atoms with Crippen LogP contribution >= 0.6 is 11.3 Å². The summed E-state index contributed by atoms with van der Waals surface area (Å²) in [4.78, 5) is 18.4. The first-order chi connectivity index (χ1) is 11.3. The number of hydrazine groups is 1. The summed E-state index contributed by atoms with van der Waals surface area (Å²) in [6.07, 6.45) is 4.63. The Kier molecular flexibility index (Phi) is 4.46. The van der Waals surface area contributed by atoms with Crippen molar-refractivity contribution in [2.24, 2.45) is 11.3 Å². The highest BCUT2D eigenvalue weighted by atomic mass is 32.1. The topological polar surface area (TPSA) is 79.5 Å². The molecule has 2 heterocycles. The maximum atomic E-state index is 11.9. The van der Waals surface area contributed by atoms with Gasteiger partial charge < -0.3 is 5.11 Å². The van der Waals surface area contributed by atoms with Gasteiger partial charge in [0.1, 0.15) is 0 Å². The molecule has 2 aromatic heterocycles. The Morgan fingerprint density at radius 1 is 1.46 bits per heavy atom. The lowest BCUT2D eigenvalue weighted by Crippen LogP contribution is -2.25. The number of aryl methyl sites for hydroxylation is 1. The summed E-state index contributed by atoms with van der Waals surface area (Å²) in [6, 6.07) is 3.85. The summed E-state index contributed by atoms with van der Waals surface area (Å²) in [5.74, 6) is 4.81. The van der Waals surface area contributed by atoms with Crippen LogP contribution in [0.25, 0.3) is 10.4 Å². The number of hydrogen-bond donors (Lipinski definition) is 2. The molecule has 1 aliphatic carbocycles. The molecule has 2 aromatic rings. The fourth-order valence-electron chi connectivity index (χ4n) is 3.26. The third kappa shape index (κ3) is 3.36. The van der Waals surface area contributed by atoms with Crippen LogP contribution in [0.1, 0.15) is 46.8 Å². The van der Waals surface area contributed by atoms with Gasteiger partial charge in [0.2, 0.25) is 0 Å². The number of carbonyl (C=O) groups is 1. The Morgan fingerprint density at radius 2 is 2.21 bits per heavy atom. The molecule has 0 atom stereocenters. The Labute approximate surface area is 146 Å². The van der Waals surface area contributed by atoms with E-state index in [1.165, 1.54) is 4.88 Å². The van der Waals surface area contributed by atoms with Gasteiger partial charge in [-0.15, -0.1) is 11.3 Å². The van der Waals surface area contributed by atoms with Crippen molar-refractivity contribution in [3.63, 3.8) is 0 Å². The highest BCUT2D eigenvalue weighted by molar-refractivity contribution is 7.16. The number of carboxylic acid groups (broad SMARTS) is 1. The van der Waals surface area contributed by atoms with Crippen LogP contribution in [0, 0.1) is 5.41 Å². The summed E-state index contributed by atoms with van der Waals surface area (Å²) in [7, 11) is 1.78. The zero-order valence-electron chi connectivity index (χ0n) is 14.3. The molecule has 1 aliphatic rings. The number of nitrogens with two attached hydrogens (primary N) is 1. The van der Waals surface area contributed by atoms with E-state index in [1.807, 2.05) is 12.1 Å². The van der Waals surface area contributed by atoms with E-state index in [1.54, 1.807) is 29.6 Å². The van der Waals surface area contributed by atoms with Crippen LogP contribution in [0.15, 0.2) is 18.3 Å². The van der Waals surface area contributed by atoms with Crippen molar-refractivity contribution in [3.05, 3.63) is 40.0 Å². The van der Waals surface area contributed by atoms with Crippen molar-refractivity contribution in [1.29, 1.82) is 0 Å². The predicted octanol–water partition coefficient (Wildman–Crippen LogP) is 3.33. The minimum Gasteiger partial charge on any atom is -0.478 e. The molecule has 0 radical (unpaired) electrons. The number of nitrogens with zero attached hydrogens (tertiary/aromatic N) is 2. The van der Waals surface area contributed by atoms with Gasteiger partial charge in [-0.05, 0) is 36.3 Å². The molecule has 0 fully saturated rings. The average Bonchev–Trinajstić information content (AvgIpc) is 2.84. The van der Waals surface area contributed by atoms with Gasteiger partial charge in [-0.3, -0.25) is 10.8 Å². The van der Waals surface area contributed by atoms with E-state index in [9.17, 15) is 9.90 Å². The zero-order valence-corrected chi connectivity index (χ0v) is 15.1. The van der Waals surface area contributed by atoms with Gasteiger partial charge in [0, 0.05) is 23.7 Å². The maximum Gasteiger partial charge on any atom is 0.337 e. The number of thiophene rings is 1. The third-order valence-electron chi connectivity index (χ3n) is 4.49. The minimum absolute atomic E-state index is 0.156. The van der Waals surface area contributed by atoms with Crippen LogP contribution in [-0.4, -0.2) is 28.1 Å². The number of fused-ring (bicyclic) bond motifs is 1. The minimum atomic E-state index is -0.842. The molecule has 0 saturated carbocycles. The van der Waals surface area contributed by atoms with Gasteiger partial charge in [0.15, 0.2) is 0 Å². The second-order valence-corrected chi connectivity index (χ2v) is 8.41. The Bertz CT molecular complexity index is 763. The van der Waals surface area contributed by atoms with Gasteiger partial charge in [0.25, 0.3) is 0 Å². The lowest BCUT2D eigenvalue weighted by atomic mass is 9.76. The molecule has 0 unspecified atom stereocenters. The molecule has 0 spiro atoms. The van der Waals surface area contributed by atoms with Gasteiger partial charge in [-0.2, -0.15) is 0 Å². The number of pyridine rings is 1. The van der Waals surface area contributed by atoms with Gasteiger partial charge in [-0.1, -0.05) is 19.9 Å². The predicted molar refractivity (Wildman–Crippen MR) is 96.0 cm³/mol. The molecule has 0 saturated heterocycles. The number of rotatable bonds is 4. The molecule has 24 heavy (non-hydrogen) atoms. The molecule has 0 aliphatic heterocycles. The quantitative estimate of drug-likeness (QED) is 0.656. The van der Waals surface area contributed by atoms with E-state index in [0.717, 1.165) is 41.0 Å². The van der Waals surface area contributed by atoms with Crippen LogP contribution in [0.2, 0.25) is 0 Å². The van der Waals surface area contributed by atoms with Crippen molar-refractivity contribution in [2.45, 2.75) is 39.7 Å². The second kappa shape index (κ2) is 6.27. The van der Waals surface area contributed by atoms with E-state index in [4.69, 9.17) is 5.84 Å². The van der Waals surface area contributed by atoms with Crippen LogP contribution < -0.4 is 5.84 Å².